The van der Waals surface area contributed by atoms with Crippen LogP contribution in [0.4, 0.5) is 13.2 Å². The van der Waals surface area contributed by atoms with Crippen molar-refractivity contribution in [3.63, 3.8) is 0 Å². The van der Waals surface area contributed by atoms with E-state index in [1.807, 2.05) is 20.8 Å². The smallest absolute Gasteiger partial charge is 0.435 e. The van der Waals surface area contributed by atoms with Crippen LogP contribution in [0.2, 0.25) is 0 Å². The Morgan fingerprint density at radius 3 is 2.09 bits per heavy atom. The molecule has 1 amide bonds. The quantitative estimate of drug-likeness (QED) is 0.480. The van der Waals surface area contributed by atoms with E-state index in [9.17, 15) is 31.2 Å². The molecule has 188 valence electrons. The predicted molar refractivity (Wildman–Crippen MR) is 122 cm³/mol. The Hall–Kier alpha value is -3.67. The van der Waals surface area contributed by atoms with E-state index in [1.165, 1.54) is 12.1 Å². The van der Waals surface area contributed by atoms with Crippen LogP contribution >= 0.6 is 0 Å². The van der Waals surface area contributed by atoms with Crippen molar-refractivity contribution < 1.29 is 36.3 Å². The normalized spacial score (nSPS) is 11.4. The number of aryl methyl sites for hydroxylation is 1. The summed E-state index contributed by atoms with van der Waals surface area (Å²) in [5, 5.41) is 12.2. The van der Waals surface area contributed by atoms with Gasteiger partial charge in [0.05, 0.1) is 22.7 Å². The van der Waals surface area contributed by atoms with Crippen LogP contribution in [0.5, 0.6) is 0 Å². The number of carboxylic acid groups (broad SMARTS) is 1. The first-order valence-corrected chi connectivity index (χ1v) is 12.0. The largest absolute Gasteiger partial charge is 0.481 e. The number of nitrogens with one attached hydrogen (secondary N) is 1. The molecule has 35 heavy (non-hydrogen) atoms. The molecule has 0 atom stereocenters. The number of nitrogens with zero attached hydrogens (tertiary/aromatic N) is 2. The molecule has 3 rings (SSSR count). The lowest BCUT2D eigenvalue weighted by atomic mass is 10.1. The van der Waals surface area contributed by atoms with E-state index < -0.39 is 46.6 Å². The van der Waals surface area contributed by atoms with Crippen molar-refractivity contribution in [2.24, 2.45) is 0 Å². The fourth-order valence-corrected chi connectivity index (χ4v) is 3.91. The molecule has 1 heterocycles. The number of rotatable bonds is 7. The lowest BCUT2D eigenvalue weighted by Gasteiger charge is -2.10. The van der Waals surface area contributed by atoms with Crippen molar-refractivity contribution in [1.82, 2.24) is 14.5 Å². The zero-order chi connectivity index (χ0) is 26.4. The van der Waals surface area contributed by atoms with Gasteiger partial charge >= 0.3 is 12.1 Å². The van der Waals surface area contributed by atoms with Gasteiger partial charge in [-0.15, -0.1) is 0 Å². The molecule has 0 fully saturated rings. The van der Waals surface area contributed by atoms with Gasteiger partial charge in [-0.3, -0.25) is 9.59 Å². The van der Waals surface area contributed by atoms with E-state index in [0.29, 0.717) is 5.56 Å². The molecule has 0 unspecified atom stereocenters. The number of hydrogen-bond acceptors (Lipinski definition) is 5. The third kappa shape index (κ3) is 7.15. The van der Waals surface area contributed by atoms with E-state index in [4.69, 9.17) is 5.11 Å². The number of aromatic nitrogens is 2. The van der Waals surface area contributed by atoms with Crippen molar-refractivity contribution in [3.05, 3.63) is 65.9 Å². The highest BCUT2D eigenvalue weighted by Gasteiger charge is 2.35. The number of alkyl halides is 3. The molecular formula is C23H24F3N3O5S. The third-order valence-corrected chi connectivity index (χ3v) is 5.94. The number of carbonyl (C=O) groups is 2. The van der Waals surface area contributed by atoms with E-state index >= 15 is 0 Å². The zero-order valence-electron chi connectivity index (χ0n) is 19.1. The second-order valence-electron chi connectivity index (χ2n) is 7.11. The minimum Gasteiger partial charge on any atom is -0.481 e. The molecule has 0 radical (unpaired) electrons. The summed E-state index contributed by atoms with van der Waals surface area (Å²) in [6.07, 6.45) is -5.75. The highest BCUT2D eigenvalue weighted by molar-refractivity contribution is 7.90. The summed E-state index contributed by atoms with van der Waals surface area (Å²) in [6, 6.07) is 12.4. The van der Waals surface area contributed by atoms with Crippen LogP contribution in [-0.4, -0.2) is 35.2 Å². The van der Waals surface area contributed by atoms with E-state index in [1.54, 1.807) is 29.0 Å². The fraction of sp³-hybridized carbons (Fsp3) is 0.261. The van der Waals surface area contributed by atoms with Crippen molar-refractivity contribution in [1.29, 1.82) is 0 Å². The summed E-state index contributed by atoms with van der Waals surface area (Å²) >= 11 is 0. The topological polar surface area (TPSA) is 118 Å². The molecule has 2 aromatic carbocycles. The highest BCUT2D eigenvalue weighted by Crippen LogP contribution is 2.33. The number of benzene rings is 2. The Morgan fingerprint density at radius 2 is 1.57 bits per heavy atom. The first kappa shape index (κ1) is 27.6. The van der Waals surface area contributed by atoms with Gasteiger partial charge in [-0.05, 0) is 37.3 Å². The second-order valence-corrected chi connectivity index (χ2v) is 8.79. The Morgan fingerprint density at radius 1 is 1.00 bits per heavy atom. The van der Waals surface area contributed by atoms with Gasteiger partial charge in [0, 0.05) is 12.0 Å². The fourth-order valence-electron chi connectivity index (χ4n) is 2.89. The second kappa shape index (κ2) is 11.2. The van der Waals surface area contributed by atoms with Crippen LogP contribution in [0, 0.1) is 6.92 Å². The monoisotopic (exact) mass is 511 g/mol. The molecule has 8 nitrogen and oxygen atoms in total. The lowest BCUT2D eigenvalue weighted by molar-refractivity contribution is -0.141. The zero-order valence-corrected chi connectivity index (χ0v) is 19.9. The van der Waals surface area contributed by atoms with Gasteiger partial charge in [-0.1, -0.05) is 43.7 Å². The number of sulfonamides is 1. The standard InChI is InChI=1S/C21H18F3N3O5S.C2H6/c1-13-2-4-14(5-3-13)17-12-18(21(22,23)24)25-27(17)15-6-8-16(9-7-15)33(31,32)26-19(28)10-11-20(29)30;1-2/h2-9,12H,10-11H2,1H3,(H,26,28)(H,29,30);1-2H3. The Kier molecular flexibility index (Phi) is 8.80. The van der Waals surface area contributed by atoms with E-state index in [2.05, 4.69) is 5.10 Å². The van der Waals surface area contributed by atoms with Gasteiger partial charge in [-0.2, -0.15) is 18.3 Å². The van der Waals surface area contributed by atoms with Crippen molar-refractivity contribution in [2.45, 2.75) is 44.7 Å². The summed E-state index contributed by atoms with van der Waals surface area (Å²) in [5.41, 5.74) is 0.601. The number of amides is 1. The van der Waals surface area contributed by atoms with Gasteiger partial charge in [0.15, 0.2) is 5.69 Å². The predicted octanol–water partition coefficient (Wildman–Crippen LogP) is 4.56. The molecule has 0 aliphatic rings. The van der Waals surface area contributed by atoms with Crippen LogP contribution < -0.4 is 4.72 Å². The number of aliphatic carboxylic acids is 1. The van der Waals surface area contributed by atoms with Crippen molar-refractivity contribution >= 4 is 21.9 Å². The van der Waals surface area contributed by atoms with Gasteiger partial charge in [0.25, 0.3) is 10.0 Å². The van der Waals surface area contributed by atoms with Crippen LogP contribution in [-0.2, 0) is 25.8 Å². The molecule has 0 saturated heterocycles. The maximum Gasteiger partial charge on any atom is 0.435 e. The summed E-state index contributed by atoms with van der Waals surface area (Å²) in [5.74, 6) is -2.25. The van der Waals surface area contributed by atoms with Gasteiger partial charge in [0.1, 0.15) is 0 Å². The Balaban J connectivity index is 0.00000210. The van der Waals surface area contributed by atoms with E-state index in [-0.39, 0.29) is 16.3 Å². The average molecular weight is 512 g/mol. The third-order valence-electron chi connectivity index (χ3n) is 4.55. The minimum atomic E-state index is -4.69. The lowest BCUT2D eigenvalue weighted by Crippen LogP contribution is -2.30. The summed E-state index contributed by atoms with van der Waals surface area (Å²) < 4.78 is 67.4. The van der Waals surface area contributed by atoms with Crippen molar-refractivity contribution in [3.8, 4) is 16.9 Å². The summed E-state index contributed by atoms with van der Waals surface area (Å²) in [4.78, 5) is 21.9. The van der Waals surface area contributed by atoms with Crippen LogP contribution in [0.15, 0.2) is 59.5 Å². The molecule has 0 spiro atoms. The molecular weight excluding hydrogens is 487 g/mol. The highest BCUT2D eigenvalue weighted by atomic mass is 32.2. The number of halogens is 3. The SMILES string of the molecule is CC.Cc1ccc(-c2cc(C(F)(F)F)nn2-c2ccc(S(=O)(=O)NC(=O)CCC(=O)O)cc2)cc1. The first-order valence-electron chi connectivity index (χ1n) is 10.5. The minimum absolute atomic E-state index is 0.153. The summed E-state index contributed by atoms with van der Waals surface area (Å²) in [6.45, 7) is 5.84. The molecule has 0 aliphatic carbocycles. The molecule has 12 heteroatoms. The molecule has 0 saturated carbocycles. The van der Waals surface area contributed by atoms with E-state index in [0.717, 1.165) is 28.4 Å². The molecule has 2 N–H and O–H groups in total. The van der Waals surface area contributed by atoms with Gasteiger partial charge in [0.2, 0.25) is 5.91 Å². The molecule has 0 aliphatic heterocycles. The Bertz CT molecular complexity index is 1280. The Labute approximate surface area is 200 Å². The maximum absolute atomic E-state index is 13.3. The number of hydrogen-bond donors (Lipinski definition) is 2. The number of carboxylic acids is 1. The van der Waals surface area contributed by atoms with Crippen LogP contribution in [0.3, 0.4) is 0 Å². The van der Waals surface area contributed by atoms with Gasteiger partial charge < -0.3 is 5.11 Å². The average Bonchev–Trinajstić information content (AvgIpc) is 3.25. The first-order chi connectivity index (χ1) is 16.4. The van der Waals surface area contributed by atoms with Gasteiger partial charge in [-0.25, -0.2) is 17.8 Å². The molecule has 1 aromatic heterocycles. The molecule has 3 aromatic rings. The van der Waals surface area contributed by atoms with Crippen molar-refractivity contribution in [2.75, 3.05) is 0 Å². The van der Waals surface area contributed by atoms with Crippen LogP contribution in [0.1, 0.15) is 37.9 Å². The van der Waals surface area contributed by atoms with Crippen LogP contribution in [0.25, 0.3) is 16.9 Å². The molecule has 0 bridgehead atoms. The summed E-state index contributed by atoms with van der Waals surface area (Å²) in [7, 11) is -4.29. The number of carbonyl (C=O) groups excluding carboxylic acids is 1. The maximum atomic E-state index is 13.3.